The maximum absolute atomic E-state index is 12.2. The monoisotopic (exact) mass is 377 g/mol. The third-order valence-corrected chi connectivity index (χ3v) is 4.38. The molecule has 146 valence electrons. The number of nitrogens with one attached hydrogen (secondary N) is 2. The van der Waals surface area contributed by atoms with Crippen LogP contribution in [0, 0.1) is 10.1 Å². The van der Waals surface area contributed by atoms with E-state index in [1.54, 1.807) is 0 Å². The molecule has 2 rings (SSSR count). The number of hydrogen-bond acceptors (Lipinski definition) is 6. The van der Waals surface area contributed by atoms with Crippen LogP contribution >= 0.6 is 0 Å². The van der Waals surface area contributed by atoms with Crippen molar-refractivity contribution in [1.29, 1.82) is 0 Å². The Labute approximate surface area is 156 Å². The Hall–Kier alpha value is -2.97. The predicted molar refractivity (Wildman–Crippen MR) is 96.0 cm³/mol. The van der Waals surface area contributed by atoms with Crippen molar-refractivity contribution in [3.05, 3.63) is 39.9 Å². The van der Waals surface area contributed by atoms with Crippen LogP contribution in [-0.4, -0.2) is 40.9 Å². The minimum absolute atomic E-state index is 0.0517. The number of benzene rings is 1. The van der Waals surface area contributed by atoms with Gasteiger partial charge in [-0.3, -0.25) is 19.7 Å². The first-order valence-electron chi connectivity index (χ1n) is 8.84. The molecule has 1 aliphatic rings. The smallest absolute Gasteiger partial charge is 0.329 e. The maximum Gasteiger partial charge on any atom is 0.329 e. The summed E-state index contributed by atoms with van der Waals surface area (Å²) in [6.07, 6.45) is 3.00. The topological polar surface area (TPSA) is 128 Å². The quantitative estimate of drug-likeness (QED) is 0.423. The van der Waals surface area contributed by atoms with Crippen molar-refractivity contribution in [2.45, 2.75) is 57.7 Å². The van der Waals surface area contributed by atoms with Crippen molar-refractivity contribution in [2.24, 2.45) is 0 Å². The van der Waals surface area contributed by atoms with Crippen LogP contribution in [0.3, 0.4) is 0 Å². The van der Waals surface area contributed by atoms with Crippen molar-refractivity contribution >= 4 is 23.5 Å². The molecule has 0 bridgehead atoms. The van der Waals surface area contributed by atoms with E-state index in [9.17, 15) is 24.5 Å². The lowest BCUT2D eigenvalue weighted by Gasteiger charge is -2.19. The van der Waals surface area contributed by atoms with Gasteiger partial charge in [-0.2, -0.15) is 0 Å². The average molecular weight is 377 g/mol. The van der Waals surface area contributed by atoms with Crippen molar-refractivity contribution < 1.29 is 24.0 Å². The summed E-state index contributed by atoms with van der Waals surface area (Å²) < 4.78 is 5.11. The number of carbonyl (C=O) groups excluding carboxylic acids is 3. The van der Waals surface area contributed by atoms with E-state index in [2.05, 4.69) is 10.6 Å². The number of nitro groups is 1. The Morgan fingerprint density at radius 3 is 2.52 bits per heavy atom. The van der Waals surface area contributed by atoms with E-state index in [0.29, 0.717) is 0 Å². The Balaban J connectivity index is 1.86. The molecule has 2 N–H and O–H groups in total. The van der Waals surface area contributed by atoms with Crippen LogP contribution in [0.5, 0.6) is 0 Å². The molecular weight excluding hydrogens is 354 g/mol. The SMILES string of the molecule is C[C@H](NC(=O)c1cccc([N+](=O)[O-])c1)C(=O)O[C@@H](C)C(=O)NC1CCCC1. The molecule has 9 heteroatoms. The largest absolute Gasteiger partial charge is 0.451 e. The van der Waals surface area contributed by atoms with E-state index in [4.69, 9.17) is 4.74 Å². The van der Waals surface area contributed by atoms with E-state index in [1.165, 1.54) is 32.0 Å². The highest BCUT2D eigenvalue weighted by Gasteiger charge is 2.26. The third-order valence-electron chi connectivity index (χ3n) is 4.38. The lowest BCUT2D eigenvalue weighted by atomic mass is 10.2. The molecule has 0 radical (unpaired) electrons. The molecule has 0 spiro atoms. The predicted octanol–water partition coefficient (Wildman–Crippen LogP) is 1.70. The number of non-ortho nitro benzene ring substituents is 1. The fraction of sp³-hybridized carbons (Fsp3) is 0.500. The molecule has 1 aromatic carbocycles. The Bertz CT molecular complexity index is 730. The van der Waals surface area contributed by atoms with Crippen LogP contribution < -0.4 is 10.6 Å². The minimum atomic E-state index is -1.02. The first kappa shape index (κ1) is 20.3. The van der Waals surface area contributed by atoms with E-state index in [0.717, 1.165) is 31.7 Å². The normalized spacial score (nSPS) is 16.2. The molecule has 1 aliphatic carbocycles. The summed E-state index contributed by atoms with van der Waals surface area (Å²) >= 11 is 0. The van der Waals surface area contributed by atoms with E-state index < -0.39 is 28.9 Å². The number of hydrogen-bond donors (Lipinski definition) is 2. The van der Waals surface area contributed by atoms with Gasteiger partial charge in [0.15, 0.2) is 6.10 Å². The summed E-state index contributed by atoms with van der Waals surface area (Å²) in [6, 6.07) is 4.26. The van der Waals surface area contributed by atoms with Gasteiger partial charge >= 0.3 is 5.97 Å². The average Bonchev–Trinajstić information content (AvgIpc) is 3.14. The summed E-state index contributed by atoms with van der Waals surface area (Å²) in [5, 5.41) is 16.0. The van der Waals surface area contributed by atoms with E-state index in [-0.39, 0.29) is 23.2 Å². The van der Waals surface area contributed by atoms with Gasteiger partial charge in [-0.1, -0.05) is 18.9 Å². The second kappa shape index (κ2) is 9.11. The molecule has 27 heavy (non-hydrogen) atoms. The van der Waals surface area contributed by atoms with Gasteiger partial charge in [0.25, 0.3) is 17.5 Å². The van der Waals surface area contributed by atoms with Gasteiger partial charge in [-0.25, -0.2) is 4.79 Å². The number of ether oxygens (including phenoxy) is 1. The molecule has 0 saturated heterocycles. The molecule has 2 amide bonds. The molecule has 1 fully saturated rings. The third kappa shape index (κ3) is 5.77. The number of nitro benzene ring substituents is 1. The van der Waals surface area contributed by atoms with E-state index >= 15 is 0 Å². The summed E-state index contributed by atoms with van der Waals surface area (Å²) in [6.45, 7) is 2.89. The number of carbonyl (C=O) groups is 3. The van der Waals surface area contributed by atoms with Crippen LogP contribution in [0.1, 0.15) is 49.9 Å². The summed E-state index contributed by atoms with van der Waals surface area (Å²) in [5.41, 5.74) is -0.175. The van der Waals surface area contributed by atoms with Crippen LogP contribution in [0.25, 0.3) is 0 Å². The van der Waals surface area contributed by atoms with Crippen LogP contribution in [0.15, 0.2) is 24.3 Å². The summed E-state index contributed by atoms with van der Waals surface area (Å²) in [4.78, 5) is 46.5. The second-order valence-electron chi connectivity index (χ2n) is 6.57. The molecule has 0 unspecified atom stereocenters. The van der Waals surface area contributed by atoms with Crippen LogP contribution in [0.2, 0.25) is 0 Å². The molecule has 9 nitrogen and oxygen atoms in total. The number of amides is 2. The highest BCUT2D eigenvalue weighted by atomic mass is 16.6. The Morgan fingerprint density at radius 2 is 1.89 bits per heavy atom. The first-order valence-corrected chi connectivity index (χ1v) is 8.84. The van der Waals surface area contributed by atoms with Gasteiger partial charge in [0.05, 0.1) is 4.92 Å². The molecule has 0 aliphatic heterocycles. The fourth-order valence-corrected chi connectivity index (χ4v) is 2.82. The molecule has 0 aromatic heterocycles. The van der Waals surface area contributed by atoms with Crippen LogP contribution in [0.4, 0.5) is 5.69 Å². The molecular formula is C18H23N3O6. The highest BCUT2D eigenvalue weighted by molar-refractivity contribution is 5.97. The van der Waals surface area contributed by atoms with Gasteiger partial charge in [0, 0.05) is 23.7 Å². The van der Waals surface area contributed by atoms with Crippen molar-refractivity contribution in [3.63, 3.8) is 0 Å². The van der Waals surface area contributed by atoms with Gasteiger partial charge in [0.2, 0.25) is 0 Å². The molecule has 0 heterocycles. The van der Waals surface area contributed by atoms with Gasteiger partial charge in [0.1, 0.15) is 6.04 Å². The lowest BCUT2D eigenvalue weighted by Crippen LogP contribution is -2.45. The minimum Gasteiger partial charge on any atom is -0.451 e. The van der Waals surface area contributed by atoms with Crippen molar-refractivity contribution in [3.8, 4) is 0 Å². The zero-order valence-electron chi connectivity index (χ0n) is 15.3. The Morgan fingerprint density at radius 1 is 1.22 bits per heavy atom. The highest BCUT2D eigenvalue weighted by Crippen LogP contribution is 2.18. The van der Waals surface area contributed by atoms with Crippen molar-refractivity contribution in [2.75, 3.05) is 0 Å². The van der Waals surface area contributed by atoms with Crippen LogP contribution in [-0.2, 0) is 14.3 Å². The van der Waals surface area contributed by atoms with Gasteiger partial charge in [-0.15, -0.1) is 0 Å². The fourth-order valence-electron chi connectivity index (χ4n) is 2.82. The second-order valence-corrected chi connectivity index (χ2v) is 6.57. The molecule has 1 aromatic rings. The number of esters is 1. The summed E-state index contributed by atoms with van der Waals surface area (Å²) in [5.74, 6) is -1.78. The van der Waals surface area contributed by atoms with Crippen molar-refractivity contribution in [1.82, 2.24) is 10.6 Å². The number of nitrogens with zero attached hydrogens (tertiary/aromatic N) is 1. The zero-order valence-corrected chi connectivity index (χ0v) is 15.3. The number of rotatable bonds is 7. The standard InChI is InChI=1S/C18H23N3O6/c1-11(19-17(23)13-6-5-9-15(10-13)21(25)26)18(24)27-12(2)16(22)20-14-7-3-4-8-14/h5-6,9-12,14H,3-4,7-8H2,1-2H3,(H,19,23)(H,20,22)/t11-,12-/m0/s1. The van der Waals surface area contributed by atoms with Gasteiger partial charge < -0.3 is 15.4 Å². The first-order chi connectivity index (χ1) is 12.8. The van der Waals surface area contributed by atoms with Gasteiger partial charge in [-0.05, 0) is 32.8 Å². The molecule has 2 atom stereocenters. The summed E-state index contributed by atoms with van der Waals surface area (Å²) in [7, 11) is 0. The Kier molecular flexibility index (Phi) is 6.86. The maximum atomic E-state index is 12.2. The lowest BCUT2D eigenvalue weighted by molar-refractivity contribution is -0.384. The van der Waals surface area contributed by atoms with E-state index in [1.807, 2.05) is 0 Å². The zero-order chi connectivity index (χ0) is 20.0. The molecule has 1 saturated carbocycles.